The minimum Gasteiger partial charge on any atom is -0.367 e. The summed E-state index contributed by atoms with van der Waals surface area (Å²) in [6, 6.07) is 6.16. The summed E-state index contributed by atoms with van der Waals surface area (Å²) in [5.74, 6) is 0.840. The first kappa shape index (κ1) is 11.2. The molecule has 1 aromatic heterocycles. The van der Waals surface area contributed by atoms with Crippen LogP contribution in [-0.2, 0) is 0 Å². The van der Waals surface area contributed by atoms with Crippen LogP contribution in [0.4, 0.5) is 5.88 Å². The van der Waals surface area contributed by atoms with Crippen molar-refractivity contribution in [2.75, 3.05) is 5.73 Å². The van der Waals surface area contributed by atoms with Gasteiger partial charge >= 0.3 is 0 Å². The maximum atomic E-state index is 5.68. The van der Waals surface area contributed by atoms with E-state index < -0.39 is 0 Å². The molecule has 0 amide bonds. The van der Waals surface area contributed by atoms with E-state index in [0.717, 1.165) is 15.6 Å². The third-order valence-corrected chi connectivity index (χ3v) is 3.22. The molecule has 2 aromatic rings. The maximum absolute atomic E-state index is 5.68. The predicted octanol–water partition coefficient (Wildman–Crippen LogP) is 3.81. The van der Waals surface area contributed by atoms with Gasteiger partial charge in [-0.05, 0) is 23.1 Å². The zero-order valence-electron chi connectivity index (χ0n) is 9.20. The van der Waals surface area contributed by atoms with Crippen LogP contribution in [-0.4, -0.2) is 5.16 Å². The SMILES string of the molecule is CC(C)c1ccc(-c2cnoc2N)cc1Br. The van der Waals surface area contributed by atoms with Gasteiger partial charge in [0.25, 0.3) is 0 Å². The Labute approximate surface area is 103 Å². The molecule has 0 saturated carbocycles. The molecule has 0 saturated heterocycles. The van der Waals surface area contributed by atoms with Crippen molar-refractivity contribution in [3.8, 4) is 11.1 Å². The van der Waals surface area contributed by atoms with Gasteiger partial charge in [0.05, 0.1) is 11.8 Å². The monoisotopic (exact) mass is 280 g/mol. The molecule has 0 atom stereocenters. The first-order chi connectivity index (χ1) is 7.59. The Morgan fingerprint density at radius 3 is 2.62 bits per heavy atom. The molecule has 1 aromatic carbocycles. The van der Waals surface area contributed by atoms with Crippen LogP contribution in [0.3, 0.4) is 0 Å². The van der Waals surface area contributed by atoms with Gasteiger partial charge in [0.1, 0.15) is 0 Å². The fourth-order valence-corrected chi connectivity index (χ4v) is 2.46. The largest absolute Gasteiger partial charge is 0.367 e. The van der Waals surface area contributed by atoms with Gasteiger partial charge in [0, 0.05) is 4.47 Å². The number of hydrogen-bond donors (Lipinski definition) is 1. The highest BCUT2D eigenvalue weighted by atomic mass is 79.9. The van der Waals surface area contributed by atoms with Crippen molar-refractivity contribution < 1.29 is 4.52 Å². The highest BCUT2D eigenvalue weighted by molar-refractivity contribution is 9.10. The van der Waals surface area contributed by atoms with Gasteiger partial charge in [-0.2, -0.15) is 0 Å². The molecule has 4 heteroatoms. The number of anilines is 1. The Morgan fingerprint density at radius 1 is 1.38 bits per heavy atom. The van der Waals surface area contributed by atoms with E-state index in [1.165, 1.54) is 5.56 Å². The van der Waals surface area contributed by atoms with Crippen LogP contribution < -0.4 is 5.73 Å². The zero-order valence-corrected chi connectivity index (χ0v) is 10.8. The van der Waals surface area contributed by atoms with Crippen LogP contribution in [0.2, 0.25) is 0 Å². The lowest BCUT2D eigenvalue weighted by Gasteiger charge is -2.09. The van der Waals surface area contributed by atoms with E-state index in [1.807, 2.05) is 12.1 Å². The molecule has 3 nitrogen and oxygen atoms in total. The van der Waals surface area contributed by atoms with E-state index in [-0.39, 0.29) is 0 Å². The Morgan fingerprint density at radius 2 is 2.12 bits per heavy atom. The first-order valence-electron chi connectivity index (χ1n) is 5.09. The van der Waals surface area contributed by atoms with Gasteiger partial charge < -0.3 is 10.3 Å². The Bertz CT molecular complexity index is 505. The summed E-state index contributed by atoms with van der Waals surface area (Å²) < 4.78 is 5.93. The minimum atomic E-state index is 0.351. The molecule has 0 unspecified atom stereocenters. The van der Waals surface area contributed by atoms with Crippen LogP contribution in [0.15, 0.2) is 33.4 Å². The van der Waals surface area contributed by atoms with Gasteiger partial charge in [0.2, 0.25) is 5.88 Å². The highest BCUT2D eigenvalue weighted by Crippen LogP contribution is 2.32. The topological polar surface area (TPSA) is 52.0 Å². The Balaban J connectivity index is 2.46. The Hall–Kier alpha value is -1.29. The third kappa shape index (κ3) is 1.97. The predicted molar refractivity (Wildman–Crippen MR) is 68.1 cm³/mol. The van der Waals surface area contributed by atoms with Crippen LogP contribution in [0.1, 0.15) is 25.3 Å². The first-order valence-corrected chi connectivity index (χ1v) is 5.89. The molecule has 0 spiro atoms. The van der Waals surface area contributed by atoms with E-state index in [1.54, 1.807) is 6.20 Å². The number of nitrogen functional groups attached to an aromatic ring is 1. The molecule has 0 aliphatic rings. The number of hydrogen-bond acceptors (Lipinski definition) is 3. The van der Waals surface area contributed by atoms with Gasteiger partial charge in [-0.25, -0.2) is 0 Å². The minimum absolute atomic E-state index is 0.351. The van der Waals surface area contributed by atoms with Crippen molar-refractivity contribution in [1.82, 2.24) is 5.16 Å². The quantitative estimate of drug-likeness (QED) is 0.910. The third-order valence-electron chi connectivity index (χ3n) is 2.53. The Kier molecular flexibility index (Phi) is 3.01. The number of benzene rings is 1. The van der Waals surface area contributed by atoms with E-state index in [2.05, 4.69) is 41.0 Å². The maximum Gasteiger partial charge on any atom is 0.229 e. The molecule has 0 fully saturated rings. The molecule has 2 rings (SSSR count). The molecule has 0 aliphatic carbocycles. The summed E-state index contributed by atoms with van der Waals surface area (Å²) in [7, 11) is 0. The van der Waals surface area contributed by atoms with Crippen LogP contribution in [0.25, 0.3) is 11.1 Å². The van der Waals surface area contributed by atoms with Crippen LogP contribution in [0.5, 0.6) is 0 Å². The number of rotatable bonds is 2. The van der Waals surface area contributed by atoms with E-state index >= 15 is 0 Å². The second kappa shape index (κ2) is 4.29. The molecular weight excluding hydrogens is 268 g/mol. The summed E-state index contributed by atoms with van der Waals surface area (Å²) >= 11 is 3.57. The number of nitrogens with two attached hydrogens (primary N) is 1. The van der Waals surface area contributed by atoms with Crippen molar-refractivity contribution in [1.29, 1.82) is 0 Å². The smallest absolute Gasteiger partial charge is 0.229 e. The normalized spacial score (nSPS) is 11.0. The second-order valence-corrected chi connectivity index (χ2v) is 4.85. The van der Waals surface area contributed by atoms with Crippen molar-refractivity contribution in [3.05, 3.63) is 34.4 Å². The molecule has 2 N–H and O–H groups in total. The lowest BCUT2D eigenvalue weighted by molar-refractivity contribution is 0.436. The van der Waals surface area contributed by atoms with E-state index in [0.29, 0.717) is 11.8 Å². The summed E-state index contributed by atoms with van der Waals surface area (Å²) in [5.41, 5.74) is 8.79. The summed E-state index contributed by atoms with van der Waals surface area (Å²) in [6.07, 6.45) is 1.63. The molecule has 1 heterocycles. The van der Waals surface area contributed by atoms with Gasteiger partial charge in [-0.3, -0.25) is 0 Å². The molecule has 16 heavy (non-hydrogen) atoms. The molecule has 0 radical (unpaired) electrons. The fourth-order valence-electron chi connectivity index (χ4n) is 1.63. The fraction of sp³-hybridized carbons (Fsp3) is 0.250. The summed E-state index contributed by atoms with van der Waals surface area (Å²) in [4.78, 5) is 0. The average Bonchev–Trinajstić information content (AvgIpc) is 2.63. The molecule has 0 bridgehead atoms. The number of halogens is 1. The standard InChI is InChI=1S/C12H13BrN2O/c1-7(2)9-4-3-8(5-11(9)13)10-6-15-16-12(10)14/h3-7H,14H2,1-2H3. The number of nitrogens with zero attached hydrogens (tertiary/aromatic N) is 1. The van der Waals surface area contributed by atoms with Gasteiger partial charge in [-0.15, -0.1) is 0 Å². The van der Waals surface area contributed by atoms with Crippen LogP contribution in [0, 0.1) is 0 Å². The lowest BCUT2D eigenvalue weighted by Crippen LogP contribution is -1.90. The summed E-state index contributed by atoms with van der Waals surface area (Å²) in [5, 5.41) is 3.67. The van der Waals surface area contributed by atoms with Gasteiger partial charge in [0.15, 0.2) is 0 Å². The molecular formula is C12H13BrN2O. The van der Waals surface area contributed by atoms with E-state index in [4.69, 9.17) is 10.3 Å². The molecule has 84 valence electrons. The number of aromatic nitrogens is 1. The zero-order chi connectivity index (χ0) is 11.7. The highest BCUT2D eigenvalue weighted by Gasteiger charge is 2.10. The second-order valence-electron chi connectivity index (χ2n) is 3.99. The van der Waals surface area contributed by atoms with Crippen LogP contribution >= 0.6 is 15.9 Å². The average molecular weight is 281 g/mol. The molecule has 0 aliphatic heterocycles. The van der Waals surface area contributed by atoms with Crippen molar-refractivity contribution in [2.24, 2.45) is 0 Å². The lowest BCUT2D eigenvalue weighted by atomic mass is 10.00. The summed E-state index contributed by atoms with van der Waals surface area (Å²) in [6.45, 7) is 4.32. The van der Waals surface area contributed by atoms with Crippen molar-refractivity contribution in [2.45, 2.75) is 19.8 Å². The van der Waals surface area contributed by atoms with Gasteiger partial charge in [-0.1, -0.05) is 47.1 Å². The van der Waals surface area contributed by atoms with Crippen molar-refractivity contribution >= 4 is 21.8 Å². The van der Waals surface area contributed by atoms with E-state index in [9.17, 15) is 0 Å². The van der Waals surface area contributed by atoms with Crippen molar-refractivity contribution in [3.63, 3.8) is 0 Å².